The van der Waals surface area contributed by atoms with Crippen molar-refractivity contribution in [3.63, 3.8) is 0 Å². The maximum atomic E-state index is 12.0. The highest BCUT2D eigenvalue weighted by Gasteiger charge is 2.19. The third-order valence-electron chi connectivity index (χ3n) is 3.76. The molecule has 0 heterocycles. The molecule has 10 heteroatoms. The zero-order valence-corrected chi connectivity index (χ0v) is 16.9. The number of nitrogens with two attached hydrogens (primary N) is 1. The number of sulfonamides is 1. The third kappa shape index (κ3) is 6.91. The molecule has 0 fully saturated rings. The van der Waals surface area contributed by atoms with Crippen LogP contribution in [-0.4, -0.2) is 39.9 Å². The fourth-order valence-corrected chi connectivity index (χ4v) is 2.82. The van der Waals surface area contributed by atoms with E-state index in [0.29, 0.717) is 5.56 Å². The first-order valence-electron chi connectivity index (χ1n) is 7.94. The molecule has 0 aliphatic rings. The van der Waals surface area contributed by atoms with Crippen LogP contribution in [0.1, 0.15) is 32.4 Å². The third-order valence-corrected chi connectivity index (χ3v) is 5.17. The highest BCUT2D eigenvalue weighted by Crippen LogP contribution is 2.17. The zero-order chi connectivity index (χ0) is 19.2. The predicted octanol–water partition coefficient (Wildman–Crippen LogP) is 0.293. The second-order valence-corrected chi connectivity index (χ2v) is 7.94. The molecule has 2 amide bonds. The smallest absolute Gasteiger partial charge is 0.240 e. The Morgan fingerprint density at radius 3 is 2.35 bits per heavy atom. The molecule has 0 saturated carbocycles. The summed E-state index contributed by atoms with van der Waals surface area (Å²) >= 11 is 0. The van der Waals surface area contributed by atoms with E-state index in [1.165, 1.54) is 19.2 Å². The van der Waals surface area contributed by atoms with E-state index in [-0.39, 0.29) is 35.7 Å². The molecule has 0 aliphatic carbocycles. The molecule has 0 saturated heterocycles. The fraction of sp³-hybridized carbons (Fsp3) is 0.500. The Balaban J connectivity index is 0.00000625. The van der Waals surface area contributed by atoms with E-state index in [1.807, 2.05) is 13.8 Å². The van der Waals surface area contributed by atoms with Gasteiger partial charge in [0.05, 0.1) is 23.5 Å². The predicted molar refractivity (Wildman–Crippen MR) is 102 cm³/mol. The second kappa shape index (κ2) is 10.5. The van der Waals surface area contributed by atoms with Gasteiger partial charge in [-0.1, -0.05) is 26.0 Å². The molecule has 26 heavy (non-hydrogen) atoms. The molecule has 0 spiro atoms. The van der Waals surface area contributed by atoms with Crippen LogP contribution < -0.4 is 21.1 Å². The first-order chi connectivity index (χ1) is 11.6. The summed E-state index contributed by atoms with van der Waals surface area (Å²) in [6, 6.07) is 5.18. The summed E-state index contributed by atoms with van der Waals surface area (Å²) < 4.78 is 25.9. The van der Waals surface area contributed by atoms with E-state index in [0.717, 1.165) is 0 Å². The van der Waals surface area contributed by atoms with Crippen LogP contribution in [0, 0.1) is 5.92 Å². The Bertz CT molecular complexity index is 725. The van der Waals surface area contributed by atoms with Gasteiger partial charge in [-0.05, 0) is 37.6 Å². The first kappa shape index (κ1) is 24.3. The van der Waals surface area contributed by atoms with Crippen molar-refractivity contribution in [1.29, 1.82) is 0 Å². The SMILES string of the molecule is CNS(=O)(=O)c1cccc(C(C)NC(=O)CNC(=O)[C@@H](N)C(C)C)c1.Cl. The maximum absolute atomic E-state index is 12.0. The lowest BCUT2D eigenvalue weighted by atomic mass is 10.1. The van der Waals surface area contributed by atoms with Gasteiger partial charge in [0.1, 0.15) is 0 Å². The number of rotatable bonds is 8. The second-order valence-electron chi connectivity index (χ2n) is 6.06. The first-order valence-corrected chi connectivity index (χ1v) is 9.43. The van der Waals surface area contributed by atoms with Gasteiger partial charge in [-0.25, -0.2) is 13.1 Å². The molecule has 1 aromatic rings. The minimum atomic E-state index is -3.56. The highest BCUT2D eigenvalue weighted by molar-refractivity contribution is 7.89. The van der Waals surface area contributed by atoms with Crippen molar-refractivity contribution in [3.05, 3.63) is 29.8 Å². The molecule has 0 bridgehead atoms. The van der Waals surface area contributed by atoms with Crippen molar-refractivity contribution in [3.8, 4) is 0 Å². The number of nitrogens with one attached hydrogen (secondary N) is 3. The molecular formula is C16H27ClN4O4S. The lowest BCUT2D eigenvalue weighted by molar-refractivity contribution is -0.127. The van der Waals surface area contributed by atoms with Crippen LogP contribution in [0.5, 0.6) is 0 Å². The van der Waals surface area contributed by atoms with Crippen molar-refractivity contribution >= 4 is 34.2 Å². The van der Waals surface area contributed by atoms with Gasteiger partial charge in [0.25, 0.3) is 0 Å². The molecule has 8 nitrogen and oxygen atoms in total. The number of halogens is 1. The summed E-state index contributed by atoms with van der Waals surface area (Å²) in [5.74, 6) is -0.808. The molecular weight excluding hydrogens is 380 g/mol. The Labute approximate surface area is 160 Å². The molecule has 2 atom stereocenters. The largest absolute Gasteiger partial charge is 0.348 e. The van der Waals surface area contributed by atoms with Gasteiger partial charge in [0.2, 0.25) is 21.8 Å². The van der Waals surface area contributed by atoms with Gasteiger partial charge in [-0.15, -0.1) is 12.4 Å². The average Bonchev–Trinajstić information content (AvgIpc) is 2.58. The monoisotopic (exact) mass is 406 g/mol. The fourth-order valence-electron chi connectivity index (χ4n) is 2.03. The number of carbonyl (C=O) groups is 2. The molecule has 0 radical (unpaired) electrons. The summed E-state index contributed by atoms with van der Waals surface area (Å²) in [4.78, 5) is 23.8. The molecule has 0 aliphatic heterocycles. The Morgan fingerprint density at radius 1 is 1.19 bits per heavy atom. The quantitative estimate of drug-likeness (QED) is 0.493. The van der Waals surface area contributed by atoms with Crippen LogP contribution in [0.4, 0.5) is 0 Å². The van der Waals surface area contributed by atoms with Crippen LogP contribution >= 0.6 is 12.4 Å². The lowest BCUT2D eigenvalue weighted by Crippen LogP contribution is -2.47. The molecule has 148 valence electrons. The standard InChI is InChI=1S/C16H26N4O4S.ClH/c1-10(2)15(17)16(22)19-9-14(21)20-11(3)12-6-5-7-13(8-12)25(23,24)18-4;/h5-8,10-11,15,18H,9,17H2,1-4H3,(H,19,22)(H,20,21);1H/t11?,15-;/m0./s1. The maximum Gasteiger partial charge on any atom is 0.240 e. The van der Waals surface area contributed by atoms with Gasteiger partial charge < -0.3 is 16.4 Å². The van der Waals surface area contributed by atoms with E-state index in [1.54, 1.807) is 19.1 Å². The normalized spacial score (nSPS) is 13.5. The van der Waals surface area contributed by atoms with E-state index >= 15 is 0 Å². The van der Waals surface area contributed by atoms with Crippen molar-refractivity contribution in [2.75, 3.05) is 13.6 Å². The Hall–Kier alpha value is -1.68. The van der Waals surface area contributed by atoms with Gasteiger partial charge in [-0.2, -0.15) is 0 Å². The van der Waals surface area contributed by atoms with Crippen molar-refractivity contribution in [1.82, 2.24) is 15.4 Å². The highest BCUT2D eigenvalue weighted by atomic mass is 35.5. The van der Waals surface area contributed by atoms with Crippen LogP contribution in [0.3, 0.4) is 0 Å². The average molecular weight is 407 g/mol. The lowest BCUT2D eigenvalue weighted by Gasteiger charge is -2.17. The molecule has 0 aromatic heterocycles. The van der Waals surface area contributed by atoms with E-state index < -0.39 is 28.0 Å². The molecule has 1 rings (SSSR count). The van der Waals surface area contributed by atoms with E-state index in [2.05, 4.69) is 15.4 Å². The van der Waals surface area contributed by atoms with Gasteiger partial charge in [0.15, 0.2) is 0 Å². The van der Waals surface area contributed by atoms with Gasteiger partial charge in [0, 0.05) is 0 Å². The van der Waals surface area contributed by atoms with Crippen molar-refractivity contribution in [2.24, 2.45) is 11.7 Å². The molecule has 5 N–H and O–H groups in total. The summed E-state index contributed by atoms with van der Waals surface area (Å²) in [5.41, 5.74) is 6.34. The summed E-state index contributed by atoms with van der Waals surface area (Å²) in [7, 11) is -2.22. The summed E-state index contributed by atoms with van der Waals surface area (Å²) in [5, 5.41) is 5.19. The van der Waals surface area contributed by atoms with Crippen LogP contribution in [0.15, 0.2) is 29.2 Å². The molecule has 1 aromatic carbocycles. The minimum Gasteiger partial charge on any atom is -0.348 e. The molecule has 1 unspecified atom stereocenters. The number of amides is 2. The number of benzene rings is 1. The minimum absolute atomic E-state index is 0. The van der Waals surface area contributed by atoms with E-state index in [4.69, 9.17) is 5.73 Å². The summed E-state index contributed by atoms with van der Waals surface area (Å²) in [6.07, 6.45) is 0. The zero-order valence-electron chi connectivity index (χ0n) is 15.3. The Morgan fingerprint density at radius 2 is 1.81 bits per heavy atom. The van der Waals surface area contributed by atoms with Crippen LogP contribution in [0.2, 0.25) is 0 Å². The van der Waals surface area contributed by atoms with Crippen molar-refractivity contribution < 1.29 is 18.0 Å². The number of hydrogen-bond acceptors (Lipinski definition) is 5. The number of hydrogen-bond donors (Lipinski definition) is 4. The van der Waals surface area contributed by atoms with Crippen LogP contribution in [-0.2, 0) is 19.6 Å². The summed E-state index contributed by atoms with van der Waals surface area (Å²) in [6.45, 7) is 5.17. The van der Waals surface area contributed by atoms with Crippen LogP contribution in [0.25, 0.3) is 0 Å². The van der Waals surface area contributed by atoms with Gasteiger partial charge >= 0.3 is 0 Å². The Kier molecular flexibility index (Phi) is 9.79. The van der Waals surface area contributed by atoms with Crippen molar-refractivity contribution in [2.45, 2.75) is 37.8 Å². The van der Waals surface area contributed by atoms with E-state index in [9.17, 15) is 18.0 Å². The number of carbonyl (C=O) groups excluding carboxylic acids is 2. The topological polar surface area (TPSA) is 130 Å². The van der Waals surface area contributed by atoms with Gasteiger partial charge in [-0.3, -0.25) is 9.59 Å².